The van der Waals surface area contributed by atoms with Gasteiger partial charge in [-0.05, 0) is 43.7 Å². The van der Waals surface area contributed by atoms with E-state index in [4.69, 9.17) is 4.74 Å². The van der Waals surface area contributed by atoms with Gasteiger partial charge in [0.1, 0.15) is 5.75 Å². The van der Waals surface area contributed by atoms with Crippen molar-refractivity contribution < 1.29 is 9.53 Å². The van der Waals surface area contributed by atoms with E-state index in [9.17, 15) is 4.79 Å². The zero-order valence-corrected chi connectivity index (χ0v) is 13.8. The third-order valence-corrected chi connectivity index (χ3v) is 4.13. The molecule has 2 rings (SSSR count). The molecular formula is C18H21NO2S. The Hall–Kier alpha value is -1.94. The Morgan fingerprint density at radius 3 is 2.41 bits per heavy atom. The summed E-state index contributed by atoms with van der Waals surface area (Å²) in [4.78, 5) is 12.9. The smallest absolute Gasteiger partial charge is 0.230 e. The monoisotopic (exact) mass is 315 g/mol. The van der Waals surface area contributed by atoms with Crippen LogP contribution in [-0.2, 0) is 11.3 Å². The molecule has 0 spiro atoms. The zero-order valence-electron chi connectivity index (χ0n) is 13.0. The van der Waals surface area contributed by atoms with Gasteiger partial charge in [0.05, 0.1) is 12.4 Å². The first-order valence-corrected chi connectivity index (χ1v) is 8.34. The van der Waals surface area contributed by atoms with Crippen molar-refractivity contribution in [3.8, 4) is 5.75 Å². The number of benzene rings is 2. The SMILES string of the molecule is CCOc1ccc(SCC(=O)NCc2ccc(C)cc2)cc1. The molecule has 1 amide bonds. The number of carbonyl (C=O) groups is 1. The van der Waals surface area contributed by atoms with Crippen molar-refractivity contribution in [3.63, 3.8) is 0 Å². The van der Waals surface area contributed by atoms with Gasteiger partial charge in [-0.15, -0.1) is 11.8 Å². The van der Waals surface area contributed by atoms with Crippen LogP contribution >= 0.6 is 11.8 Å². The van der Waals surface area contributed by atoms with Gasteiger partial charge in [0, 0.05) is 11.4 Å². The lowest BCUT2D eigenvalue weighted by atomic mass is 10.1. The van der Waals surface area contributed by atoms with E-state index in [0.717, 1.165) is 16.2 Å². The van der Waals surface area contributed by atoms with Crippen molar-refractivity contribution in [1.29, 1.82) is 0 Å². The number of hydrogen-bond acceptors (Lipinski definition) is 3. The fourth-order valence-electron chi connectivity index (χ4n) is 1.91. The largest absolute Gasteiger partial charge is 0.494 e. The van der Waals surface area contributed by atoms with E-state index < -0.39 is 0 Å². The predicted octanol–water partition coefficient (Wildman–Crippen LogP) is 3.80. The second-order valence-corrected chi connectivity index (χ2v) is 6.00. The maximum atomic E-state index is 11.9. The van der Waals surface area contributed by atoms with Crippen molar-refractivity contribution in [2.75, 3.05) is 12.4 Å². The molecule has 4 heteroatoms. The van der Waals surface area contributed by atoms with Gasteiger partial charge >= 0.3 is 0 Å². The molecule has 0 saturated carbocycles. The maximum Gasteiger partial charge on any atom is 0.230 e. The van der Waals surface area contributed by atoms with E-state index in [0.29, 0.717) is 18.9 Å². The van der Waals surface area contributed by atoms with Crippen molar-refractivity contribution in [1.82, 2.24) is 5.32 Å². The molecule has 1 N–H and O–H groups in total. The predicted molar refractivity (Wildman–Crippen MR) is 91.4 cm³/mol. The van der Waals surface area contributed by atoms with Crippen LogP contribution in [0.1, 0.15) is 18.1 Å². The Kier molecular flexibility index (Phi) is 6.34. The molecule has 0 radical (unpaired) electrons. The molecule has 0 atom stereocenters. The summed E-state index contributed by atoms with van der Waals surface area (Å²) in [6.07, 6.45) is 0. The van der Waals surface area contributed by atoms with E-state index >= 15 is 0 Å². The summed E-state index contributed by atoms with van der Waals surface area (Å²) >= 11 is 1.53. The molecule has 0 aromatic heterocycles. The van der Waals surface area contributed by atoms with Gasteiger partial charge in [0.2, 0.25) is 5.91 Å². The fourth-order valence-corrected chi connectivity index (χ4v) is 2.63. The average molecular weight is 315 g/mol. The number of nitrogens with one attached hydrogen (secondary N) is 1. The van der Waals surface area contributed by atoms with Crippen molar-refractivity contribution in [2.24, 2.45) is 0 Å². The van der Waals surface area contributed by atoms with Crippen LogP contribution in [0.3, 0.4) is 0 Å². The normalized spacial score (nSPS) is 10.3. The number of thioether (sulfide) groups is 1. The highest BCUT2D eigenvalue weighted by atomic mass is 32.2. The standard InChI is InChI=1S/C18H21NO2S/c1-3-21-16-8-10-17(11-9-16)22-13-18(20)19-12-15-6-4-14(2)5-7-15/h4-11H,3,12-13H2,1-2H3,(H,19,20). The van der Waals surface area contributed by atoms with Gasteiger partial charge in [-0.3, -0.25) is 4.79 Å². The highest BCUT2D eigenvalue weighted by Crippen LogP contribution is 2.21. The summed E-state index contributed by atoms with van der Waals surface area (Å²) < 4.78 is 5.39. The van der Waals surface area contributed by atoms with E-state index in [-0.39, 0.29) is 5.91 Å². The van der Waals surface area contributed by atoms with E-state index in [1.165, 1.54) is 17.3 Å². The van der Waals surface area contributed by atoms with Crippen LogP contribution in [0.5, 0.6) is 5.75 Å². The number of aryl methyl sites for hydroxylation is 1. The quantitative estimate of drug-likeness (QED) is 0.790. The molecule has 116 valence electrons. The second kappa shape index (κ2) is 8.49. The summed E-state index contributed by atoms with van der Waals surface area (Å²) in [5.74, 6) is 1.31. The molecule has 0 aliphatic carbocycles. The molecule has 0 unspecified atom stereocenters. The molecule has 22 heavy (non-hydrogen) atoms. The molecule has 0 saturated heterocycles. The lowest BCUT2D eigenvalue weighted by Crippen LogP contribution is -2.24. The first kappa shape index (κ1) is 16.4. The molecule has 0 heterocycles. The van der Waals surface area contributed by atoms with Crippen molar-refractivity contribution >= 4 is 17.7 Å². The van der Waals surface area contributed by atoms with Gasteiger partial charge in [0.25, 0.3) is 0 Å². The summed E-state index contributed by atoms with van der Waals surface area (Å²) in [5.41, 5.74) is 2.34. The van der Waals surface area contributed by atoms with Crippen LogP contribution in [0.25, 0.3) is 0 Å². The third kappa shape index (κ3) is 5.45. The summed E-state index contributed by atoms with van der Waals surface area (Å²) in [6, 6.07) is 16.0. The van der Waals surface area contributed by atoms with E-state index in [1.54, 1.807) is 0 Å². The number of amides is 1. The number of ether oxygens (including phenoxy) is 1. The Labute approximate surface area is 136 Å². The van der Waals surface area contributed by atoms with E-state index in [1.807, 2.05) is 43.3 Å². The van der Waals surface area contributed by atoms with Crippen LogP contribution in [0.15, 0.2) is 53.4 Å². The van der Waals surface area contributed by atoms with Crippen molar-refractivity contribution in [3.05, 3.63) is 59.7 Å². The van der Waals surface area contributed by atoms with Crippen LogP contribution in [0.2, 0.25) is 0 Å². The first-order chi connectivity index (χ1) is 10.7. The van der Waals surface area contributed by atoms with Crippen LogP contribution in [-0.4, -0.2) is 18.3 Å². The highest BCUT2D eigenvalue weighted by Gasteiger charge is 2.03. The van der Waals surface area contributed by atoms with Crippen LogP contribution in [0, 0.1) is 6.92 Å². The molecule has 2 aromatic carbocycles. The average Bonchev–Trinajstić information content (AvgIpc) is 2.54. The Morgan fingerprint density at radius 1 is 1.09 bits per heavy atom. The lowest BCUT2D eigenvalue weighted by molar-refractivity contribution is -0.118. The molecule has 3 nitrogen and oxygen atoms in total. The Balaban J connectivity index is 1.74. The van der Waals surface area contributed by atoms with Gasteiger partial charge in [-0.1, -0.05) is 29.8 Å². The molecule has 0 aliphatic rings. The molecule has 0 fully saturated rings. The summed E-state index contributed by atoms with van der Waals surface area (Å²) in [6.45, 7) is 5.24. The number of hydrogen-bond donors (Lipinski definition) is 1. The minimum absolute atomic E-state index is 0.0412. The highest BCUT2D eigenvalue weighted by molar-refractivity contribution is 8.00. The van der Waals surface area contributed by atoms with Gasteiger partial charge in [-0.25, -0.2) is 0 Å². The Morgan fingerprint density at radius 2 is 1.77 bits per heavy atom. The first-order valence-electron chi connectivity index (χ1n) is 7.35. The number of rotatable bonds is 7. The van der Waals surface area contributed by atoms with Crippen LogP contribution < -0.4 is 10.1 Å². The maximum absolute atomic E-state index is 11.9. The topological polar surface area (TPSA) is 38.3 Å². The molecule has 2 aromatic rings. The number of carbonyl (C=O) groups excluding carboxylic acids is 1. The van der Waals surface area contributed by atoms with E-state index in [2.05, 4.69) is 24.4 Å². The minimum atomic E-state index is 0.0412. The summed E-state index contributed by atoms with van der Waals surface area (Å²) in [7, 11) is 0. The van der Waals surface area contributed by atoms with Crippen LogP contribution in [0.4, 0.5) is 0 Å². The minimum Gasteiger partial charge on any atom is -0.494 e. The molecular weight excluding hydrogens is 294 g/mol. The van der Waals surface area contributed by atoms with Crippen molar-refractivity contribution in [2.45, 2.75) is 25.3 Å². The van der Waals surface area contributed by atoms with Gasteiger partial charge < -0.3 is 10.1 Å². The summed E-state index contributed by atoms with van der Waals surface area (Å²) in [5, 5.41) is 2.94. The zero-order chi connectivity index (χ0) is 15.8. The molecule has 0 bridgehead atoms. The fraction of sp³-hybridized carbons (Fsp3) is 0.278. The molecule has 0 aliphatic heterocycles. The lowest BCUT2D eigenvalue weighted by Gasteiger charge is -2.07. The van der Waals surface area contributed by atoms with Gasteiger partial charge in [-0.2, -0.15) is 0 Å². The second-order valence-electron chi connectivity index (χ2n) is 4.96. The Bertz CT molecular complexity index is 593. The van der Waals surface area contributed by atoms with Gasteiger partial charge in [0.15, 0.2) is 0 Å². The third-order valence-electron chi connectivity index (χ3n) is 3.11.